The molecule has 0 atom stereocenters. The average Bonchev–Trinajstić information content (AvgIpc) is 2.75. The van der Waals surface area contributed by atoms with E-state index in [9.17, 15) is 9.59 Å². The number of benzene rings is 2. The number of para-hydroxylation sites is 1. The van der Waals surface area contributed by atoms with Crippen LogP contribution in [0, 0.1) is 0 Å². The highest BCUT2D eigenvalue weighted by atomic mass is 16.5. The summed E-state index contributed by atoms with van der Waals surface area (Å²) in [6.45, 7) is 2.54. The van der Waals surface area contributed by atoms with Crippen molar-refractivity contribution >= 4 is 23.4 Å². The van der Waals surface area contributed by atoms with Crippen molar-refractivity contribution < 1.29 is 14.3 Å². The molecule has 2 N–H and O–H groups in total. The summed E-state index contributed by atoms with van der Waals surface area (Å²) in [5.41, 5.74) is 2.32. The molecule has 0 aliphatic rings. The third-order valence-electron chi connectivity index (χ3n) is 4.13. The van der Waals surface area contributed by atoms with Crippen molar-refractivity contribution in [1.82, 2.24) is 15.3 Å². The number of ether oxygens (including phenoxy) is 1. The topological polar surface area (TPSA) is 93.2 Å². The summed E-state index contributed by atoms with van der Waals surface area (Å²) < 4.78 is 5.07. The Balaban J connectivity index is 1.65. The Hall–Kier alpha value is -3.74. The van der Waals surface area contributed by atoms with Gasteiger partial charge in [-0.05, 0) is 31.0 Å². The zero-order valence-electron chi connectivity index (χ0n) is 16.1. The molecule has 0 unspecified atom stereocenters. The Morgan fingerprint density at radius 2 is 1.76 bits per heavy atom. The smallest absolute Gasteiger partial charge is 0.340 e. The van der Waals surface area contributed by atoms with Gasteiger partial charge in [0.1, 0.15) is 17.8 Å². The van der Waals surface area contributed by atoms with Gasteiger partial charge in [-0.1, -0.05) is 42.5 Å². The van der Waals surface area contributed by atoms with Crippen LogP contribution < -0.4 is 10.6 Å². The van der Waals surface area contributed by atoms with E-state index in [1.54, 1.807) is 37.3 Å². The SMILES string of the molecule is CCOC(=O)c1ccccc1Nc1cc(C(=O)NCCc2ccccc2)ncn1. The second-order valence-electron chi connectivity index (χ2n) is 6.17. The van der Waals surface area contributed by atoms with Gasteiger partial charge in [-0.3, -0.25) is 4.79 Å². The number of anilines is 2. The number of hydrogen-bond acceptors (Lipinski definition) is 6. The van der Waals surface area contributed by atoms with Crippen molar-refractivity contribution in [3.05, 3.63) is 83.8 Å². The van der Waals surface area contributed by atoms with Gasteiger partial charge < -0.3 is 15.4 Å². The zero-order chi connectivity index (χ0) is 20.5. The fraction of sp³-hybridized carbons (Fsp3) is 0.182. The second kappa shape index (κ2) is 9.98. The molecule has 7 nitrogen and oxygen atoms in total. The number of nitrogens with one attached hydrogen (secondary N) is 2. The number of nitrogens with zero attached hydrogens (tertiary/aromatic N) is 2. The Morgan fingerprint density at radius 3 is 2.55 bits per heavy atom. The van der Waals surface area contributed by atoms with Crippen molar-refractivity contribution in [2.45, 2.75) is 13.3 Å². The van der Waals surface area contributed by atoms with Gasteiger partial charge in [-0.25, -0.2) is 14.8 Å². The first-order chi connectivity index (χ1) is 14.2. The lowest BCUT2D eigenvalue weighted by Gasteiger charge is -2.11. The molecule has 148 valence electrons. The van der Waals surface area contributed by atoms with Gasteiger partial charge in [0.2, 0.25) is 0 Å². The fourth-order valence-corrected chi connectivity index (χ4v) is 2.72. The molecular formula is C22H22N4O3. The third kappa shape index (κ3) is 5.62. The standard InChI is InChI=1S/C22H22N4O3/c1-2-29-22(28)17-10-6-7-11-18(17)26-20-14-19(24-15-25-20)21(27)23-13-12-16-8-4-3-5-9-16/h3-11,14-15H,2,12-13H2,1H3,(H,23,27)(H,24,25,26). The monoisotopic (exact) mass is 390 g/mol. The molecule has 29 heavy (non-hydrogen) atoms. The molecule has 3 rings (SSSR count). The van der Waals surface area contributed by atoms with E-state index in [-0.39, 0.29) is 18.2 Å². The predicted molar refractivity (Wildman–Crippen MR) is 110 cm³/mol. The highest BCUT2D eigenvalue weighted by molar-refractivity contribution is 5.97. The number of aromatic nitrogens is 2. The van der Waals surface area contributed by atoms with Crippen molar-refractivity contribution in [2.24, 2.45) is 0 Å². The average molecular weight is 390 g/mol. The number of esters is 1. The number of rotatable bonds is 8. The molecule has 7 heteroatoms. The summed E-state index contributed by atoms with van der Waals surface area (Å²) in [6.07, 6.45) is 2.04. The number of amides is 1. The Labute approximate surface area is 169 Å². The number of hydrogen-bond donors (Lipinski definition) is 2. The van der Waals surface area contributed by atoms with E-state index in [1.165, 1.54) is 6.33 Å². The van der Waals surface area contributed by atoms with Crippen LogP contribution in [-0.4, -0.2) is 35.0 Å². The summed E-state index contributed by atoms with van der Waals surface area (Å²) in [6, 6.07) is 18.4. The minimum Gasteiger partial charge on any atom is -0.462 e. The maximum Gasteiger partial charge on any atom is 0.340 e. The van der Waals surface area contributed by atoms with E-state index in [0.29, 0.717) is 23.6 Å². The summed E-state index contributed by atoms with van der Waals surface area (Å²) >= 11 is 0. The van der Waals surface area contributed by atoms with Crippen LogP contribution in [0.15, 0.2) is 67.0 Å². The molecule has 0 saturated heterocycles. The Kier molecular flexibility index (Phi) is 6.89. The highest BCUT2D eigenvalue weighted by Crippen LogP contribution is 2.20. The molecule has 2 aromatic carbocycles. The van der Waals surface area contributed by atoms with E-state index in [4.69, 9.17) is 4.74 Å². The maximum atomic E-state index is 12.4. The second-order valence-corrected chi connectivity index (χ2v) is 6.17. The Bertz CT molecular complexity index is 977. The molecule has 0 radical (unpaired) electrons. The van der Waals surface area contributed by atoms with Crippen LogP contribution in [0.1, 0.15) is 33.3 Å². The first-order valence-corrected chi connectivity index (χ1v) is 9.34. The van der Waals surface area contributed by atoms with Crippen LogP contribution in [0.4, 0.5) is 11.5 Å². The lowest BCUT2D eigenvalue weighted by Crippen LogP contribution is -2.26. The number of carbonyl (C=O) groups is 2. The normalized spacial score (nSPS) is 10.2. The van der Waals surface area contributed by atoms with E-state index in [0.717, 1.165) is 12.0 Å². The molecule has 0 spiro atoms. The van der Waals surface area contributed by atoms with Gasteiger partial charge in [0.15, 0.2) is 0 Å². The first-order valence-electron chi connectivity index (χ1n) is 9.34. The molecule has 1 amide bonds. The van der Waals surface area contributed by atoms with Crippen LogP contribution in [0.3, 0.4) is 0 Å². The van der Waals surface area contributed by atoms with Crippen LogP contribution in [0.25, 0.3) is 0 Å². The van der Waals surface area contributed by atoms with E-state index >= 15 is 0 Å². The first kappa shape index (κ1) is 20.0. The van der Waals surface area contributed by atoms with Crippen molar-refractivity contribution in [1.29, 1.82) is 0 Å². The molecule has 0 fully saturated rings. The summed E-state index contributed by atoms with van der Waals surface area (Å²) in [5, 5.41) is 5.91. The van der Waals surface area contributed by atoms with Crippen molar-refractivity contribution in [2.75, 3.05) is 18.5 Å². The van der Waals surface area contributed by atoms with Gasteiger partial charge in [0.05, 0.1) is 17.9 Å². The minimum atomic E-state index is -0.427. The van der Waals surface area contributed by atoms with Gasteiger partial charge in [0.25, 0.3) is 5.91 Å². The molecular weight excluding hydrogens is 368 g/mol. The van der Waals surface area contributed by atoms with Crippen LogP contribution in [-0.2, 0) is 11.2 Å². The van der Waals surface area contributed by atoms with Crippen molar-refractivity contribution in [3.8, 4) is 0 Å². The molecule has 3 aromatic rings. The van der Waals surface area contributed by atoms with Crippen molar-refractivity contribution in [3.63, 3.8) is 0 Å². The van der Waals surface area contributed by atoms with Crippen LogP contribution >= 0.6 is 0 Å². The minimum absolute atomic E-state index is 0.240. The highest BCUT2D eigenvalue weighted by Gasteiger charge is 2.14. The number of carbonyl (C=O) groups excluding carboxylic acids is 2. The van der Waals surface area contributed by atoms with Gasteiger partial charge in [-0.15, -0.1) is 0 Å². The lowest BCUT2D eigenvalue weighted by molar-refractivity contribution is 0.0527. The summed E-state index contributed by atoms with van der Waals surface area (Å²) in [4.78, 5) is 32.7. The maximum absolute atomic E-state index is 12.4. The molecule has 1 aromatic heterocycles. The van der Waals surface area contributed by atoms with Gasteiger partial charge in [-0.2, -0.15) is 0 Å². The van der Waals surface area contributed by atoms with E-state index in [1.807, 2.05) is 30.3 Å². The summed E-state index contributed by atoms with van der Waals surface area (Å²) in [5.74, 6) is -0.307. The molecule has 0 saturated carbocycles. The van der Waals surface area contributed by atoms with Gasteiger partial charge >= 0.3 is 5.97 Å². The van der Waals surface area contributed by atoms with Crippen LogP contribution in [0.5, 0.6) is 0 Å². The van der Waals surface area contributed by atoms with Crippen LogP contribution in [0.2, 0.25) is 0 Å². The Morgan fingerprint density at radius 1 is 1.00 bits per heavy atom. The lowest BCUT2D eigenvalue weighted by atomic mass is 10.1. The fourth-order valence-electron chi connectivity index (χ4n) is 2.72. The molecule has 0 aliphatic carbocycles. The largest absolute Gasteiger partial charge is 0.462 e. The predicted octanol–water partition coefficient (Wildman–Crippen LogP) is 3.37. The summed E-state index contributed by atoms with van der Waals surface area (Å²) in [7, 11) is 0. The van der Waals surface area contributed by atoms with Gasteiger partial charge in [0, 0.05) is 12.6 Å². The molecule has 0 aliphatic heterocycles. The van der Waals surface area contributed by atoms with E-state index in [2.05, 4.69) is 20.6 Å². The third-order valence-corrected chi connectivity index (χ3v) is 4.13. The quantitative estimate of drug-likeness (QED) is 0.573. The van der Waals surface area contributed by atoms with E-state index < -0.39 is 5.97 Å². The molecule has 0 bridgehead atoms. The zero-order valence-corrected chi connectivity index (χ0v) is 16.1. The molecule has 1 heterocycles.